The minimum absolute atomic E-state index is 0. The Morgan fingerprint density at radius 3 is 2.62 bits per heavy atom. The number of para-hydroxylation sites is 1. The van der Waals surface area contributed by atoms with Gasteiger partial charge in [-0.3, -0.25) is 4.99 Å². The summed E-state index contributed by atoms with van der Waals surface area (Å²) in [6, 6.07) is 11.6. The van der Waals surface area contributed by atoms with Crippen molar-refractivity contribution < 1.29 is 8.42 Å². The van der Waals surface area contributed by atoms with Gasteiger partial charge in [0, 0.05) is 25.4 Å². The zero-order valence-electron chi connectivity index (χ0n) is 18.7. The molecule has 0 saturated heterocycles. The molecule has 9 nitrogen and oxygen atoms in total. The molecule has 32 heavy (non-hydrogen) atoms. The molecule has 1 unspecified atom stereocenters. The minimum Gasteiger partial charge on any atom is -0.382 e. The van der Waals surface area contributed by atoms with Crippen LogP contribution in [0.15, 0.2) is 35.3 Å². The van der Waals surface area contributed by atoms with Crippen LogP contribution >= 0.6 is 24.0 Å². The van der Waals surface area contributed by atoms with E-state index in [1.54, 1.807) is 4.68 Å². The van der Waals surface area contributed by atoms with Crippen LogP contribution in [0, 0.1) is 11.3 Å². The van der Waals surface area contributed by atoms with Crippen LogP contribution in [0.2, 0.25) is 0 Å². The first-order chi connectivity index (χ1) is 14.7. The lowest BCUT2D eigenvalue weighted by Crippen LogP contribution is -2.42. The molecule has 1 aromatic carbocycles. The number of nitrogen functional groups attached to an aromatic ring is 1. The molecule has 11 heteroatoms. The summed E-state index contributed by atoms with van der Waals surface area (Å²) in [5, 5.41) is 20.4. The van der Waals surface area contributed by atoms with Crippen molar-refractivity contribution in [1.29, 1.82) is 5.26 Å². The van der Waals surface area contributed by atoms with Crippen molar-refractivity contribution in [1.82, 2.24) is 20.4 Å². The second-order valence-electron chi connectivity index (χ2n) is 7.39. The molecular weight excluding hydrogens is 541 g/mol. The average molecular weight is 574 g/mol. The highest BCUT2D eigenvalue weighted by Gasteiger charge is 2.16. The normalized spacial score (nSPS) is 12.5. The zero-order chi connectivity index (χ0) is 22.9. The van der Waals surface area contributed by atoms with Gasteiger partial charge in [0.05, 0.1) is 17.1 Å². The Balaban J connectivity index is 0.00000512. The van der Waals surface area contributed by atoms with E-state index < -0.39 is 9.84 Å². The number of nitrogens with two attached hydrogens (primary N) is 1. The van der Waals surface area contributed by atoms with Gasteiger partial charge in [-0.05, 0) is 45.2 Å². The van der Waals surface area contributed by atoms with Crippen molar-refractivity contribution in [2.45, 2.75) is 39.2 Å². The number of benzene rings is 1. The third-order valence-electron chi connectivity index (χ3n) is 4.60. The van der Waals surface area contributed by atoms with Crippen molar-refractivity contribution in [2.75, 3.05) is 30.8 Å². The van der Waals surface area contributed by atoms with Gasteiger partial charge in [0.25, 0.3) is 0 Å². The number of halogens is 1. The summed E-state index contributed by atoms with van der Waals surface area (Å²) in [5.41, 5.74) is 8.00. The van der Waals surface area contributed by atoms with Crippen molar-refractivity contribution in [3.8, 4) is 11.8 Å². The Morgan fingerprint density at radius 1 is 1.34 bits per heavy atom. The first-order valence-corrected chi connectivity index (χ1v) is 12.4. The fourth-order valence-electron chi connectivity index (χ4n) is 2.99. The van der Waals surface area contributed by atoms with E-state index in [4.69, 9.17) is 5.73 Å². The first-order valence-electron chi connectivity index (χ1n) is 10.3. The molecule has 1 atom stereocenters. The number of nitrogens with zero attached hydrogens (tertiary/aromatic N) is 4. The summed E-state index contributed by atoms with van der Waals surface area (Å²) in [7, 11) is -2.99. The Bertz CT molecular complexity index is 1030. The van der Waals surface area contributed by atoms with E-state index in [9.17, 15) is 13.7 Å². The molecule has 0 aliphatic heterocycles. The number of anilines is 1. The predicted octanol–water partition coefficient (Wildman–Crippen LogP) is 2.26. The number of aromatic nitrogens is 2. The van der Waals surface area contributed by atoms with E-state index in [0.717, 1.165) is 5.69 Å². The number of rotatable bonds is 10. The summed E-state index contributed by atoms with van der Waals surface area (Å²) in [6.07, 6.45) is 3.00. The summed E-state index contributed by atoms with van der Waals surface area (Å²) in [5.74, 6) is 1.10. The third-order valence-corrected chi connectivity index (χ3v) is 5.57. The van der Waals surface area contributed by atoms with Crippen molar-refractivity contribution >= 4 is 45.6 Å². The number of hydrogen-bond donors (Lipinski definition) is 3. The molecule has 0 fully saturated rings. The van der Waals surface area contributed by atoms with Gasteiger partial charge in [-0.25, -0.2) is 13.1 Å². The van der Waals surface area contributed by atoms with Gasteiger partial charge in [-0.15, -0.1) is 24.0 Å². The highest BCUT2D eigenvalue weighted by Crippen LogP contribution is 2.21. The van der Waals surface area contributed by atoms with Crippen molar-refractivity contribution in [3.05, 3.63) is 41.6 Å². The van der Waals surface area contributed by atoms with Crippen LogP contribution in [-0.2, 0) is 16.3 Å². The average Bonchev–Trinajstić information content (AvgIpc) is 3.05. The molecule has 0 radical (unpaired) electrons. The molecule has 0 bridgehead atoms. The largest absolute Gasteiger partial charge is 0.382 e. The molecule has 2 aromatic rings. The summed E-state index contributed by atoms with van der Waals surface area (Å²) >= 11 is 0. The monoisotopic (exact) mass is 573 g/mol. The highest BCUT2D eigenvalue weighted by molar-refractivity contribution is 14.0. The van der Waals surface area contributed by atoms with Crippen LogP contribution in [0.4, 0.5) is 5.82 Å². The third kappa shape index (κ3) is 8.66. The SMILES string of the molecule is CCNC(=NCCCc1nn(-c2ccccc2)c(N)c1C#N)NC(C)CCS(C)(=O)=O.I. The summed E-state index contributed by atoms with van der Waals surface area (Å²) < 4.78 is 24.3. The number of hydrogen-bond acceptors (Lipinski definition) is 6. The van der Waals surface area contributed by atoms with E-state index in [1.165, 1.54) is 6.26 Å². The smallest absolute Gasteiger partial charge is 0.191 e. The fraction of sp³-hybridized carbons (Fsp3) is 0.476. The minimum atomic E-state index is -2.99. The standard InChI is InChI=1S/C21H31N7O2S.HI/c1-4-24-21(26-16(2)12-14-31(3,29)30)25-13-8-11-19-18(15-22)20(23)28(27-19)17-9-6-5-7-10-17;/h5-7,9-10,16H,4,8,11-14,23H2,1-3H3,(H2,24,25,26);1H. The van der Waals surface area contributed by atoms with Crippen LogP contribution in [0.3, 0.4) is 0 Å². The molecule has 176 valence electrons. The predicted molar refractivity (Wildman–Crippen MR) is 139 cm³/mol. The van der Waals surface area contributed by atoms with Crippen LogP contribution in [0.5, 0.6) is 0 Å². The van der Waals surface area contributed by atoms with Crippen LogP contribution in [0.1, 0.15) is 37.9 Å². The van der Waals surface area contributed by atoms with Gasteiger partial charge in [0.1, 0.15) is 27.3 Å². The van der Waals surface area contributed by atoms with Gasteiger partial charge in [-0.2, -0.15) is 10.4 Å². The summed E-state index contributed by atoms with van der Waals surface area (Å²) in [6.45, 7) is 5.12. The maximum Gasteiger partial charge on any atom is 0.191 e. The highest BCUT2D eigenvalue weighted by atomic mass is 127. The lowest BCUT2D eigenvalue weighted by Gasteiger charge is -2.17. The Hall–Kier alpha value is -2.33. The van der Waals surface area contributed by atoms with Gasteiger partial charge >= 0.3 is 0 Å². The van der Waals surface area contributed by atoms with Crippen LogP contribution in [-0.4, -0.2) is 55.3 Å². The second-order valence-corrected chi connectivity index (χ2v) is 9.65. The van der Waals surface area contributed by atoms with Gasteiger partial charge in [0.2, 0.25) is 0 Å². The fourth-order valence-corrected chi connectivity index (χ4v) is 3.78. The second kappa shape index (κ2) is 13.3. The number of nitrogens with one attached hydrogen (secondary N) is 2. The van der Waals surface area contributed by atoms with E-state index in [1.807, 2.05) is 44.2 Å². The lowest BCUT2D eigenvalue weighted by molar-refractivity contribution is 0.581. The first kappa shape index (κ1) is 27.7. The number of nitriles is 1. The van der Waals surface area contributed by atoms with Gasteiger partial charge in [-0.1, -0.05) is 18.2 Å². The van der Waals surface area contributed by atoms with Gasteiger partial charge < -0.3 is 16.4 Å². The molecule has 1 aromatic heterocycles. The van der Waals surface area contributed by atoms with Gasteiger partial charge in [0.15, 0.2) is 5.96 Å². The van der Waals surface area contributed by atoms with E-state index in [2.05, 4.69) is 26.8 Å². The Kier molecular flexibility index (Phi) is 11.5. The molecule has 1 heterocycles. The number of sulfone groups is 1. The topological polar surface area (TPSA) is 138 Å². The zero-order valence-corrected chi connectivity index (χ0v) is 21.9. The molecule has 4 N–H and O–H groups in total. The Labute approximate surface area is 207 Å². The molecular formula is C21H32IN7O2S. The van der Waals surface area contributed by atoms with Crippen molar-refractivity contribution in [3.63, 3.8) is 0 Å². The molecule has 0 aliphatic carbocycles. The molecule has 0 spiro atoms. The van der Waals surface area contributed by atoms with Crippen LogP contribution < -0.4 is 16.4 Å². The summed E-state index contributed by atoms with van der Waals surface area (Å²) in [4.78, 5) is 4.55. The number of aliphatic imine (C=N–C) groups is 1. The van der Waals surface area contributed by atoms with E-state index in [0.29, 0.717) is 55.4 Å². The molecule has 2 rings (SSSR count). The number of aryl methyl sites for hydroxylation is 1. The van der Waals surface area contributed by atoms with E-state index >= 15 is 0 Å². The number of guanidine groups is 1. The lowest BCUT2D eigenvalue weighted by atomic mass is 10.1. The maximum atomic E-state index is 11.3. The Morgan fingerprint density at radius 2 is 2.03 bits per heavy atom. The van der Waals surface area contributed by atoms with Crippen LogP contribution in [0.25, 0.3) is 5.69 Å². The molecule has 0 saturated carbocycles. The maximum absolute atomic E-state index is 11.3. The van der Waals surface area contributed by atoms with E-state index in [-0.39, 0.29) is 35.8 Å². The molecule has 0 amide bonds. The van der Waals surface area contributed by atoms with Crippen molar-refractivity contribution in [2.24, 2.45) is 4.99 Å². The quantitative estimate of drug-likeness (QED) is 0.172. The molecule has 0 aliphatic rings.